The molecule has 0 unspecified atom stereocenters. The van der Waals surface area contributed by atoms with Gasteiger partial charge in [-0.2, -0.15) is 0 Å². The number of H-pyrrole nitrogens is 1. The number of imidazole rings is 1. The lowest BCUT2D eigenvalue weighted by Crippen LogP contribution is -2.34. The van der Waals surface area contributed by atoms with E-state index >= 15 is 0 Å². The van der Waals surface area contributed by atoms with Crippen LogP contribution >= 0.6 is 11.6 Å². The molecule has 0 fully saturated rings. The molecule has 3 aromatic rings. The van der Waals surface area contributed by atoms with Gasteiger partial charge in [0, 0.05) is 24.3 Å². The summed E-state index contributed by atoms with van der Waals surface area (Å²) in [5.41, 5.74) is 2.48. The lowest BCUT2D eigenvalue weighted by atomic mass is 10.2. The number of aromatic nitrogens is 4. The van der Waals surface area contributed by atoms with Crippen LogP contribution in [0.3, 0.4) is 0 Å². The predicted octanol–water partition coefficient (Wildman–Crippen LogP) is 3.61. The Kier molecular flexibility index (Phi) is 5.46. The molecule has 0 saturated heterocycles. The number of amides is 1. The molecule has 27 heavy (non-hydrogen) atoms. The first-order valence-corrected chi connectivity index (χ1v) is 8.87. The highest BCUT2D eigenvalue weighted by Crippen LogP contribution is 2.23. The number of ether oxygens (including phenoxy) is 1. The van der Waals surface area contributed by atoms with Crippen LogP contribution in [0.2, 0.25) is 5.15 Å². The molecule has 1 amide bonds. The first-order chi connectivity index (χ1) is 12.8. The number of fused-ring (bicyclic) bond motifs is 1. The number of aromatic amines is 1. The number of nitrogens with zero attached hydrogens (tertiary/aromatic N) is 3. The van der Waals surface area contributed by atoms with Crippen molar-refractivity contribution >= 4 is 34.5 Å². The van der Waals surface area contributed by atoms with Gasteiger partial charge in [0.1, 0.15) is 23.3 Å². The molecular weight excluding hydrogens is 368 g/mol. The number of hydrogen-bond acceptors (Lipinski definition) is 6. The average Bonchev–Trinajstić information content (AvgIpc) is 3.03. The van der Waals surface area contributed by atoms with Crippen molar-refractivity contribution in [1.29, 1.82) is 0 Å². The van der Waals surface area contributed by atoms with Crippen molar-refractivity contribution in [2.24, 2.45) is 0 Å². The van der Waals surface area contributed by atoms with E-state index in [9.17, 15) is 4.79 Å². The summed E-state index contributed by atoms with van der Waals surface area (Å²) in [6.45, 7) is 6.52. The van der Waals surface area contributed by atoms with Crippen LogP contribution in [0.15, 0.2) is 30.6 Å². The molecule has 2 heterocycles. The number of benzene rings is 1. The highest BCUT2D eigenvalue weighted by Gasteiger charge is 2.15. The molecule has 8 nitrogen and oxygen atoms in total. The predicted molar refractivity (Wildman–Crippen MR) is 105 cm³/mol. The zero-order chi connectivity index (χ0) is 19.4. The van der Waals surface area contributed by atoms with Gasteiger partial charge >= 0.3 is 6.09 Å². The van der Waals surface area contributed by atoms with E-state index in [1.807, 2.05) is 45.0 Å². The van der Waals surface area contributed by atoms with E-state index in [4.69, 9.17) is 16.3 Å². The SMILES string of the molecule is CC(C)(C)OC(=O)NCCNc1ccc(-c2nc3ncnc(Cl)c3[nH]2)cc1. The van der Waals surface area contributed by atoms with Crippen LogP contribution in [0.1, 0.15) is 20.8 Å². The van der Waals surface area contributed by atoms with Gasteiger partial charge in [0.15, 0.2) is 10.8 Å². The third-order valence-corrected chi connectivity index (χ3v) is 3.81. The summed E-state index contributed by atoms with van der Waals surface area (Å²) in [5.74, 6) is 0.672. The van der Waals surface area contributed by atoms with E-state index in [0.29, 0.717) is 35.2 Å². The van der Waals surface area contributed by atoms with Crippen LogP contribution in [-0.2, 0) is 4.74 Å². The Morgan fingerprint density at radius 3 is 2.59 bits per heavy atom. The average molecular weight is 389 g/mol. The molecule has 0 saturated carbocycles. The van der Waals surface area contributed by atoms with Gasteiger partial charge in [0.2, 0.25) is 0 Å². The second-order valence-electron chi connectivity index (χ2n) is 6.88. The van der Waals surface area contributed by atoms with Crippen LogP contribution in [-0.4, -0.2) is 44.7 Å². The zero-order valence-corrected chi connectivity index (χ0v) is 16.1. The summed E-state index contributed by atoms with van der Waals surface area (Å²) in [6.07, 6.45) is 0.958. The molecule has 3 rings (SSSR count). The van der Waals surface area contributed by atoms with Gasteiger partial charge in [-0.25, -0.2) is 19.7 Å². The number of carbonyl (C=O) groups excluding carboxylic acids is 1. The summed E-state index contributed by atoms with van der Waals surface area (Å²) < 4.78 is 5.18. The summed E-state index contributed by atoms with van der Waals surface area (Å²) in [5, 5.41) is 6.28. The molecule has 1 aromatic carbocycles. The number of nitrogens with one attached hydrogen (secondary N) is 3. The van der Waals surface area contributed by atoms with Crippen molar-refractivity contribution in [3.05, 3.63) is 35.7 Å². The standard InChI is InChI=1S/C18H21ClN6O2/c1-18(2,3)27-17(26)21-9-8-20-12-6-4-11(5-7-12)15-24-13-14(19)22-10-23-16(13)25-15/h4-7,10,20H,8-9H2,1-3H3,(H,21,26)(H,22,23,24,25). The maximum atomic E-state index is 11.6. The third-order valence-electron chi connectivity index (χ3n) is 3.52. The van der Waals surface area contributed by atoms with Crippen LogP contribution in [0.4, 0.5) is 10.5 Å². The molecule has 0 aliphatic carbocycles. The van der Waals surface area contributed by atoms with Crippen LogP contribution in [0.25, 0.3) is 22.6 Å². The minimum absolute atomic E-state index is 0.342. The number of halogens is 1. The Hall–Kier alpha value is -2.87. The first kappa shape index (κ1) is 18.9. The first-order valence-electron chi connectivity index (χ1n) is 8.49. The number of alkyl carbamates (subject to hydrolysis) is 1. The molecule has 0 radical (unpaired) electrons. The molecule has 2 aromatic heterocycles. The van der Waals surface area contributed by atoms with E-state index in [1.165, 1.54) is 6.33 Å². The summed E-state index contributed by atoms with van der Waals surface area (Å²) in [4.78, 5) is 27.2. The molecule has 0 aliphatic rings. The molecule has 142 valence electrons. The Morgan fingerprint density at radius 2 is 1.93 bits per heavy atom. The van der Waals surface area contributed by atoms with Crippen LogP contribution in [0, 0.1) is 0 Å². The fraction of sp³-hybridized carbons (Fsp3) is 0.333. The summed E-state index contributed by atoms with van der Waals surface area (Å²) >= 11 is 6.04. The molecule has 0 bridgehead atoms. The highest BCUT2D eigenvalue weighted by molar-refractivity contribution is 6.33. The Balaban J connectivity index is 1.54. The van der Waals surface area contributed by atoms with Crippen molar-refractivity contribution in [2.75, 3.05) is 18.4 Å². The quantitative estimate of drug-likeness (QED) is 0.455. The van der Waals surface area contributed by atoms with Gasteiger partial charge in [0.05, 0.1) is 0 Å². The van der Waals surface area contributed by atoms with Gasteiger partial charge in [0.25, 0.3) is 0 Å². The number of carbonyl (C=O) groups is 1. The molecule has 0 atom stereocenters. The van der Waals surface area contributed by atoms with E-state index < -0.39 is 11.7 Å². The molecule has 0 aliphatic heterocycles. The second kappa shape index (κ2) is 7.79. The topological polar surface area (TPSA) is 105 Å². The Morgan fingerprint density at radius 1 is 1.19 bits per heavy atom. The summed E-state index contributed by atoms with van der Waals surface area (Å²) in [7, 11) is 0. The fourth-order valence-electron chi connectivity index (χ4n) is 2.37. The minimum Gasteiger partial charge on any atom is -0.444 e. The smallest absolute Gasteiger partial charge is 0.407 e. The van der Waals surface area contributed by atoms with Crippen LogP contribution < -0.4 is 10.6 Å². The Bertz CT molecular complexity index is 933. The fourth-order valence-corrected chi connectivity index (χ4v) is 2.54. The largest absolute Gasteiger partial charge is 0.444 e. The van der Waals surface area contributed by atoms with Crippen molar-refractivity contribution in [3.8, 4) is 11.4 Å². The van der Waals surface area contributed by atoms with Gasteiger partial charge < -0.3 is 20.4 Å². The summed E-state index contributed by atoms with van der Waals surface area (Å²) in [6, 6.07) is 7.73. The second-order valence-corrected chi connectivity index (χ2v) is 7.24. The van der Waals surface area contributed by atoms with Crippen LogP contribution in [0.5, 0.6) is 0 Å². The van der Waals surface area contributed by atoms with Crippen molar-refractivity contribution in [1.82, 2.24) is 25.3 Å². The van der Waals surface area contributed by atoms with Gasteiger partial charge in [-0.3, -0.25) is 0 Å². The Labute approximate surface area is 161 Å². The monoisotopic (exact) mass is 388 g/mol. The maximum Gasteiger partial charge on any atom is 0.407 e. The van der Waals surface area contributed by atoms with Gasteiger partial charge in [-0.1, -0.05) is 11.6 Å². The lowest BCUT2D eigenvalue weighted by Gasteiger charge is -2.19. The molecule has 9 heteroatoms. The van der Waals surface area contributed by atoms with E-state index in [2.05, 4.69) is 30.6 Å². The van der Waals surface area contributed by atoms with Gasteiger partial charge in [-0.15, -0.1) is 0 Å². The lowest BCUT2D eigenvalue weighted by molar-refractivity contribution is 0.0530. The van der Waals surface area contributed by atoms with Crippen molar-refractivity contribution < 1.29 is 9.53 Å². The molecule has 0 spiro atoms. The number of rotatable bonds is 5. The van der Waals surface area contributed by atoms with Crippen molar-refractivity contribution in [2.45, 2.75) is 26.4 Å². The van der Waals surface area contributed by atoms with Gasteiger partial charge in [-0.05, 0) is 45.0 Å². The van der Waals surface area contributed by atoms with Crippen molar-refractivity contribution in [3.63, 3.8) is 0 Å². The third kappa shape index (κ3) is 5.07. The normalized spacial score (nSPS) is 11.4. The molecule has 3 N–H and O–H groups in total. The molecular formula is C18H21ClN6O2. The van der Waals surface area contributed by atoms with E-state index in [0.717, 1.165) is 11.3 Å². The number of hydrogen-bond donors (Lipinski definition) is 3. The number of anilines is 1. The van der Waals surface area contributed by atoms with E-state index in [-0.39, 0.29) is 0 Å². The highest BCUT2D eigenvalue weighted by atomic mass is 35.5. The van der Waals surface area contributed by atoms with E-state index in [1.54, 1.807) is 0 Å². The maximum absolute atomic E-state index is 11.6. The zero-order valence-electron chi connectivity index (χ0n) is 15.3. The minimum atomic E-state index is -0.500.